The van der Waals surface area contributed by atoms with Gasteiger partial charge in [0.15, 0.2) is 0 Å². The lowest BCUT2D eigenvalue weighted by atomic mass is 10.1. The maximum atomic E-state index is 12.5. The molecule has 1 N–H and O–H groups in total. The van der Waals surface area contributed by atoms with Crippen molar-refractivity contribution in [2.24, 2.45) is 0 Å². The van der Waals surface area contributed by atoms with Gasteiger partial charge in [-0.2, -0.15) is 0 Å². The number of rotatable bonds is 4. The number of nitro benzene ring substituents is 1. The van der Waals surface area contributed by atoms with Gasteiger partial charge in [0, 0.05) is 23.4 Å². The number of hydrogen-bond acceptors (Lipinski definition) is 6. The monoisotopic (exact) mass is 462 g/mol. The summed E-state index contributed by atoms with van der Waals surface area (Å²) in [5, 5.41) is 14.6. The molecule has 8 heteroatoms. The summed E-state index contributed by atoms with van der Waals surface area (Å²) in [6.45, 7) is 0. The van der Waals surface area contributed by atoms with Crippen LogP contribution in [0.4, 0.5) is 11.4 Å². The first-order valence-electron chi connectivity index (χ1n) is 11.0. The average molecular weight is 462 g/mol. The van der Waals surface area contributed by atoms with Crippen molar-refractivity contribution in [3.8, 4) is 17.1 Å². The van der Waals surface area contributed by atoms with Crippen LogP contribution in [0.2, 0.25) is 0 Å². The van der Waals surface area contributed by atoms with Gasteiger partial charge in [0.25, 0.3) is 5.69 Å². The summed E-state index contributed by atoms with van der Waals surface area (Å²) in [7, 11) is 0. The highest BCUT2D eigenvalue weighted by molar-refractivity contribution is 5.91. The molecule has 0 radical (unpaired) electrons. The molecule has 35 heavy (non-hydrogen) atoms. The molecule has 1 aromatic heterocycles. The molecule has 1 aliphatic rings. The van der Waals surface area contributed by atoms with Crippen LogP contribution in [-0.2, 0) is 0 Å². The molecule has 170 valence electrons. The third-order valence-corrected chi connectivity index (χ3v) is 6.01. The standard InChI is InChI=1S/C27H18N4O4/c32-27(18-6-5-7-19(16-18)31(33)34)35-20-14-12-17(13-15-20)25-28-22-9-2-1-8-21(22)26-29-23-10-3-4-11-24(23)30(25)26/h1-16,25,28H/t25-/m1/s1. The zero-order valence-corrected chi connectivity index (χ0v) is 18.3. The highest BCUT2D eigenvalue weighted by Gasteiger charge is 2.28. The molecule has 0 saturated heterocycles. The van der Waals surface area contributed by atoms with Crippen LogP contribution in [0.25, 0.3) is 22.4 Å². The minimum atomic E-state index is -0.658. The van der Waals surface area contributed by atoms with Crippen LogP contribution in [-0.4, -0.2) is 20.4 Å². The predicted octanol–water partition coefficient (Wildman–Crippen LogP) is 5.80. The van der Waals surface area contributed by atoms with Crippen molar-refractivity contribution in [3.63, 3.8) is 0 Å². The number of para-hydroxylation sites is 3. The number of nitrogens with one attached hydrogen (secondary N) is 1. The van der Waals surface area contributed by atoms with E-state index in [-0.39, 0.29) is 17.4 Å². The normalized spacial score (nSPS) is 14.0. The highest BCUT2D eigenvalue weighted by atomic mass is 16.6. The largest absolute Gasteiger partial charge is 0.423 e. The number of hydrogen-bond donors (Lipinski definition) is 1. The zero-order valence-electron chi connectivity index (χ0n) is 18.3. The number of aromatic nitrogens is 2. The topological polar surface area (TPSA) is 99.3 Å². The maximum Gasteiger partial charge on any atom is 0.343 e. The Hall–Kier alpha value is -4.98. The molecular formula is C27H18N4O4. The number of non-ortho nitro benzene ring substituents is 1. The molecule has 5 aromatic rings. The number of nitrogens with zero attached hydrogens (tertiary/aromatic N) is 3. The first kappa shape index (κ1) is 20.6. The molecule has 2 heterocycles. The molecule has 0 amide bonds. The molecule has 1 aliphatic heterocycles. The summed E-state index contributed by atoms with van der Waals surface area (Å²) >= 11 is 0. The van der Waals surface area contributed by atoms with Gasteiger partial charge in [-0.05, 0) is 48.0 Å². The lowest BCUT2D eigenvalue weighted by molar-refractivity contribution is -0.384. The van der Waals surface area contributed by atoms with E-state index in [1.54, 1.807) is 12.1 Å². The van der Waals surface area contributed by atoms with Crippen LogP contribution in [0.3, 0.4) is 0 Å². The highest BCUT2D eigenvalue weighted by Crippen LogP contribution is 2.40. The lowest BCUT2D eigenvalue weighted by Crippen LogP contribution is -2.24. The van der Waals surface area contributed by atoms with Crippen molar-refractivity contribution >= 4 is 28.4 Å². The van der Waals surface area contributed by atoms with E-state index in [2.05, 4.69) is 9.88 Å². The van der Waals surface area contributed by atoms with Crippen molar-refractivity contribution in [1.82, 2.24) is 9.55 Å². The summed E-state index contributed by atoms with van der Waals surface area (Å²) < 4.78 is 7.63. The van der Waals surface area contributed by atoms with Crippen LogP contribution >= 0.6 is 0 Å². The Morgan fingerprint density at radius 3 is 2.54 bits per heavy atom. The summed E-state index contributed by atoms with van der Waals surface area (Å²) in [5.41, 5.74) is 4.84. The van der Waals surface area contributed by atoms with Crippen molar-refractivity contribution in [3.05, 3.63) is 118 Å². The van der Waals surface area contributed by atoms with Gasteiger partial charge in [-0.1, -0.05) is 42.5 Å². The Kier molecular flexibility index (Phi) is 4.77. The molecule has 4 aromatic carbocycles. The molecule has 0 aliphatic carbocycles. The number of carbonyl (C=O) groups excluding carboxylic acids is 1. The molecule has 0 saturated carbocycles. The van der Waals surface area contributed by atoms with Gasteiger partial charge in [0.05, 0.1) is 21.5 Å². The van der Waals surface area contributed by atoms with E-state index in [9.17, 15) is 14.9 Å². The third kappa shape index (κ3) is 3.57. The summed E-state index contributed by atoms with van der Waals surface area (Å²) in [5.74, 6) is 0.568. The van der Waals surface area contributed by atoms with E-state index in [4.69, 9.17) is 9.72 Å². The molecular weight excluding hydrogens is 444 g/mol. The fourth-order valence-corrected chi connectivity index (χ4v) is 4.37. The second-order valence-corrected chi connectivity index (χ2v) is 8.15. The summed E-state index contributed by atoms with van der Waals surface area (Å²) in [4.78, 5) is 27.8. The van der Waals surface area contributed by atoms with E-state index in [1.165, 1.54) is 24.3 Å². The summed E-state index contributed by atoms with van der Waals surface area (Å²) in [6, 6.07) is 28.7. The van der Waals surface area contributed by atoms with Gasteiger partial charge in [0.2, 0.25) is 0 Å². The Bertz CT molecular complexity index is 1610. The number of ether oxygens (including phenoxy) is 1. The van der Waals surface area contributed by atoms with Crippen LogP contribution in [0.15, 0.2) is 97.1 Å². The number of benzene rings is 4. The summed E-state index contributed by atoms with van der Waals surface area (Å²) in [6.07, 6.45) is -0.214. The Morgan fingerprint density at radius 1 is 0.943 bits per heavy atom. The van der Waals surface area contributed by atoms with Crippen LogP contribution in [0.1, 0.15) is 22.1 Å². The maximum absolute atomic E-state index is 12.5. The number of nitro groups is 1. The fourth-order valence-electron chi connectivity index (χ4n) is 4.37. The number of fused-ring (bicyclic) bond motifs is 5. The Balaban J connectivity index is 1.32. The van der Waals surface area contributed by atoms with Gasteiger partial charge in [-0.3, -0.25) is 14.7 Å². The number of carbonyl (C=O) groups is 1. The van der Waals surface area contributed by atoms with Crippen molar-refractivity contribution in [2.45, 2.75) is 6.17 Å². The van der Waals surface area contributed by atoms with E-state index >= 15 is 0 Å². The first-order chi connectivity index (χ1) is 17.1. The van der Waals surface area contributed by atoms with Gasteiger partial charge >= 0.3 is 5.97 Å². The SMILES string of the molecule is O=C(Oc1ccc([C@@H]2Nc3ccccc3-c3nc4ccccc4n32)cc1)c1cccc([N+](=O)[O-])c1. The number of anilines is 1. The van der Waals surface area contributed by atoms with Crippen molar-refractivity contribution < 1.29 is 14.5 Å². The molecule has 0 unspecified atom stereocenters. The molecule has 0 fully saturated rings. The van der Waals surface area contributed by atoms with Gasteiger partial charge in [-0.15, -0.1) is 0 Å². The molecule has 0 spiro atoms. The molecule has 0 bridgehead atoms. The second kappa shape index (κ2) is 8.11. The number of esters is 1. The van der Waals surface area contributed by atoms with E-state index in [0.717, 1.165) is 33.7 Å². The fraction of sp³-hybridized carbons (Fsp3) is 0.0370. The van der Waals surface area contributed by atoms with E-state index in [0.29, 0.717) is 5.75 Å². The van der Waals surface area contributed by atoms with E-state index in [1.807, 2.05) is 60.7 Å². The lowest BCUT2D eigenvalue weighted by Gasteiger charge is -2.30. The average Bonchev–Trinajstić information content (AvgIpc) is 3.29. The minimum absolute atomic E-state index is 0.114. The van der Waals surface area contributed by atoms with Gasteiger partial charge < -0.3 is 10.1 Å². The van der Waals surface area contributed by atoms with Gasteiger partial charge in [0.1, 0.15) is 17.7 Å². The smallest absolute Gasteiger partial charge is 0.343 e. The van der Waals surface area contributed by atoms with Crippen LogP contribution in [0.5, 0.6) is 5.75 Å². The van der Waals surface area contributed by atoms with E-state index < -0.39 is 10.9 Å². The predicted molar refractivity (Wildman–Crippen MR) is 131 cm³/mol. The molecule has 6 rings (SSSR count). The molecule has 8 nitrogen and oxygen atoms in total. The second-order valence-electron chi connectivity index (χ2n) is 8.15. The van der Waals surface area contributed by atoms with Gasteiger partial charge in [-0.25, -0.2) is 9.78 Å². The van der Waals surface area contributed by atoms with Crippen molar-refractivity contribution in [1.29, 1.82) is 0 Å². The van der Waals surface area contributed by atoms with Crippen LogP contribution in [0, 0.1) is 10.1 Å². The first-order valence-corrected chi connectivity index (χ1v) is 11.0. The Labute approximate surface area is 199 Å². The Morgan fingerprint density at radius 2 is 1.71 bits per heavy atom. The quantitative estimate of drug-likeness (QED) is 0.157. The molecule has 1 atom stereocenters. The van der Waals surface area contributed by atoms with Crippen LogP contribution < -0.4 is 10.1 Å². The van der Waals surface area contributed by atoms with Crippen molar-refractivity contribution in [2.75, 3.05) is 5.32 Å². The zero-order chi connectivity index (χ0) is 23.9. The minimum Gasteiger partial charge on any atom is -0.423 e. The number of imidazole rings is 1. The third-order valence-electron chi connectivity index (χ3n) is 6.01.